The van der Waals surface area contributed by atoms with E-state index >= 15 is 0 Å². The predicted molar refractivity (Wildman–Crippen MR) is 82.0 cm³/mol. The zero-order valence-electron chi connectivity index (χ0n) is 13.6. The molecule has 1 aliphatic heterocycles. The first-order valence-corrected chi connectivity index (χ1v) is 8.25. The van der Waals surface area contributed by atoms with Crippen LogP contribution in [-0.2, 0) is 15.7 Å². The van der Waals surface area contributed by atoms with E-state index in [1.54, 1.807) is 11.8 Å². The van der Waals surface area contributed by atoms with Crippen LogP contribution >= 0.6 is 11.3 Å². The summed E-state index contributed by atoms with van der Waals surface area (Å²) in [5.41, 5.74) is -0.275. The lowest BCUT2D eigenvalue weighted by Crippen LogP contribution is -2.44. The Kier molecular flexibility index (Phi) is 7.27. The summed E-state index contributed by atoms with van der Waals surface area (Å²) >= 11 is 0.464. The minimum atomic E-state index is -4.58. The van der Waals surface area contributed by atoms with Crippen LogP contribution in [0, 0.1) is 0 Å². The molecule has 23 heavy (non-hydrogen) atoms. The molecule has 0 aromatic carbocycles. The Morgan fingerprint density at radius 2 is 2.13 bits per heavy atom. The summed E-state index contributed by atoms with van der Waals surface area (Å²) in [6.45, 7) is 8.68. The quantitative estimate of drug-likeness (QED) is 0.777. The lowest BCUT2D eigenvalue weighted by Gasteiger charge is -2.34. The Balaban J connectivity index is 0.00000127. The maximum atomic E-state index is 12.8. The van der Waals surface area contributed by atoms with Crippen LogP contribution in [-0.4, -0.2) is 43.4 Å². The number of rotatable bonds is 3. The van der Waals surface area contributed by atoms with Gasteiger partial charge in [0.1, 0.15) is 5.00 Å². The number of alkyl halides is 3. The number of carbonyl (C=O) groups is 1. The molecule has 132 valence electrons. The Bertz CT molecular complexity index is 520. The van der Waals surface area contributed by atoms with E-state index in [4.69, 9.17) is 9.47 Å². The highest BCUT2D eigenvalue weighted by molar-refractivity contribution is 7.16. The number of esters is 1. The van der Waals surface area contributed by atoms with Crippen LogP contribution in [0.2, 0.25) is 0 Å². The molecule has 1 unspecified atom stereocenters. The summed E-state index contributed by atoms with van der Waals surface area (Å²) in [4.78, 5) is 17.0. The molecule has 0 spiro atoms. The second-order valence-corrected chi connectivity index (χ2v) is 5.49. The van der Waals surface area contributed by atoms with Gasteiger partial charge in [0.15, 0.2) is 5.69 Å². The Morgan fingerprint density at radius 1 is 1.48 bits per heavy atom. The Morgan fingerprint density at radius 3 is 2.65 bits per heavy atom. The molecule has 1 atom stereocenters. The predicted octanol–water partition coefficient (Wildman–Crippen LogP) is 3.59. The van der Waals surface area contributed by atoms with Gasteiger partial charge in [0.05, 0.1) is 25.9 Å². The second kappa shape index (κ2) is 8.49. The third-order valence-corrected chi connectivity index (χ3v) is 4.09. The van der Waals surface area contributed by atoms with Gasteiger partial charge in [-0.1, -0.05) is 25.2 Å². The van der Waals surface area contributed by atoms with E-state index in [1.807, 2.05) is 20.8 Å². The van der Waals surface area contributed by atoms with Crippen molar-refractivity contribution >= 4 is 22.3 Å². The third-order valence-electron chi connectivity index (χ3n) is 2.95. The van der Waals surface area contributed by atoms with E-state index < -0.39 is 17.2 Å². The molecule has 0 N–H and O–H groups in total. The van der Waals surface area contributed by atoms with Crippen LogP contribution in [0.1, 0.15) is 43.2 Å². The molecule has 1 fully saturated rings. The number of nitrogens with zero attached hydrogens (tertiary/aromatic N) is 2. The first-order valence-electron chi connectivity index (χ1n) is 7.44. The summed E-state index contributed by atoms with van der Waals surface area (Å²) in [5.74, 6) is -0.835. The summed E-state index contributed by atoms with van der Waals surface area (Å²) < 4.78 is 48.6. The molecule has 0 bridgehead atoms. The fourth-order valence-corrected chi connectivity index (χ4v) is 3.04. The van der Waals surface area contributed by atoms with Gasteiger partial charge in [-0.2, -0.15) is 13.2 Å². The monoisotopic (exact) mass is 354 g/mol. The van der Waals surface area contributed by atoms with Gasteiger partial charge in [-0.3, -0.25) is 0 Å². The molecule has 0 saturated carbocycles. The molecule has 0 radical (unpaired) electrons. The van der Waals surface area contributed by atoms with Crippen molar-refractivity contribution < 1.29 is 27.4 Å². The Labute approximate surface area is 137 Å². The van der Waals surface area contributed by atoms with Crippen LogP contribution in [0.4, 0.5) is 18.2 Å². The second-order valence-electron chi connectivity index (χ2n) is 4.51. The molecule has 2 rings (SSSR count). The average molecular weight is 354 g/mol. The highest BCUT2D eigenvalue weighted by Crippen LogP contribution is 2.39. The summed E-state index contributed by atoms with van der Waals surface area (Å²) in [6.07, 6.45) is -4.58. The maximum Gasteiger partial charge on any atom is 0.443 e. The number of anilines is 1. The summed E-state index contributed by atoms with van der Waals surface area (Å²) in [6, 6.07) is -0.131. The molecule has 0 aliphatic carbocycles. The van der Waals surface area contributed by atoms with Gasteiger partial charge in [0.25, 0.3) is 0 Å². The van der Waals surface area contributed by atoms with Crippen molar-refractivity contribution in [1.82, 2.24) is 4.98 Å². The summed E-state index contributed by atoms with van der Waals surface area (Å²) in [7, 11) is 0. The third kappa shape index (κ3) is 4.81. The fraction of sp³-hybridized carbons (Fsp3) is 0.714. The lowest BCUT2D eigenvalue weighted by atomic mass is 10.2. The van der Waals surface area contributed by atoms with Gasteiger partial charge in [0.2, 0.25) is 5.01 Å². The number of hydrogen-bond donors (Lipinski definition) is 0. The van der Waals surface area contributed by atoms with Gasteiger partial charge in [-0.25, -0.2) is 9.78 Å². The number of morpholine rings is 1. The van der Waals surface area contributed by atoms with Crippen molar-refractivity contribution in [1.29, 1.82) is 0 Å². The number of hydrogen-bond acceptors (Lipinski definition) is 6. The topological polar surface area (TPSA) is 51.7 Å². The molecule has 2 heterocycles. The number of ether oxygens (including phenoxy) is 2. The summed E-state index contributed by atoms with van der Waals surface area (Å²) in [5, 5.41) is -0.851. The Hall–Kier alpha value is -1.35. The van der Waals surface area contributed by atoms with Crippen molar-refractivity contribution in [3.05, 3.63) is 10.7 Å². The first kappa shape index (κ1) is 19.7. The van der Waals surface area contributed by atoms with E-state index in [0.717, 1.165) is 0 Å². The normalized spacial score (nSPS) is 18.2. The van der Waals surface area contributed by atoms with Gasteiger partial charge in [-0.05, 0) is 13.8 Å². The smallest absolute Gasteiger partial charge is 0.443 e. The molecular weight excluding hydrogens is 333 g/mol. The molecule has 9 heteroatoms. The minimum absolute atomic E-state index is 0.0792. The zero-order valence-corrected chi connectivity index (χ0v) is 14.4. The number of thiazole rings is 1. The highest BCUT2D eigenvalue weighted by Gasteiger charge is 2.39. The van der Waals surface area contributed by atoms with E-state index in [0.29, 0.717) is 31.1 Å². The number of carbonyl (C=O) groups excluding carboxylic acids is 1. The largest absolute Gasteiger partial charge is 0.461 e. The molecule has 5 nitrogen and oxygen atoms in total. The van der Waals surface area contributed by atoms with E-state index in [1.165, 1.54) is 0 Å². The van der Waals surface area contributed by atoms with Crippen LogP contribution in [0.25, 0.3) is 0 Å². The van der Waals surface area contributed by atoms with E-state index in [-0.39, 0.29) is 23.3 Å². The van der Waals surface area contributed by atoms with Crippen LogP contribution in [0.3, 0.4) is 0 Å². The molecule has 1 aromatic heterocycles. The molecule has 0 amide bonds. The van der Waals surface area contributed by atoms with Crippen molar-refractivity contribution in [2.75, 3.05) is 31.3 Å². The van der Waals surface area contributed by atoms with Gasteiger partial charge < -0.3 is 14.4 Å². The van der Waals surface area contributed by atoms with Crippen molar-refractivity contribution in [3.63, 3.8) is 0 Å². The van der Waals surface area contributed by atoms with Crippen molar-refractivity contribution in [2.24, 2.45) is 0 Å². The maximum absolute atomic E-state index is 12.8. The zero-order chi connectivity index (χ0) is 17.6. The molecular formula is C14H21F3N2O3S. The lowest BCUT2D eigenvalue weighted by molar-refractivity contribution is -0.137. The average Bonchev–Trinajstić information content (AvgIpc) is 2.95. The molecule has 1 aliphatic rings. The SMILES string of the molecule is CC.CCOC(=O)c1nc(C(F)(F)F)sc1N1CCOCC1C. The highest BCUT2D eigenvalue weighted by atomic mass is 32.1. The van der Waals surface area contributed by atoms with Crippen molar-refractivity contribution in [2.45, 2.75) is 39.9 Å². The van der Waals surface area contributed by atoms with Gasteiger partial charge in [-0.15, -0.1) is 0 Å². The molecule has 1 saturated heterocycles. The van der Waals surface area contributed by atoms with Crippen LogP contribution in [0.15, 0.2) is 0 Å². The van der Waals surface area contributed by atoms with Gasteiger partial charge >= 0.3 is 12.1 Å². The number of aromatic nitrogens is 1. The fourth-order valence-electron chi connectivity index (χ4n) is 1.99. The number of halogens is 3. The van der Waals surface area contributed by atoms with E-state index in [2.05, 4.69) is 4.98 Å². The van der Waals surface area contributed by atoms with Gasteiger partial charge in [0, 0.05) is 6.54 Å². The van der Waals surface area contributed by atoms with E-state index in [9.17, 15) is 18.0 Å². The standard InChI is InChI=1S/C12H15F3N2O3S.C2H6/c1-3-20-10(18)8-9(17-4-5-19-6-7(17)2)21-11(16-8)12(13,14)15;1-2/h7H,3-6H2,1-2H3;1-2H3. The van der Waals surface area contributed by atoms with Crippen molar-refractivity contribution in [3.8, 4) is 0 Å². The van der Waals surface area contributed by atoms with Crippen LogP contribution < -0.4 is 4.90 Å². The first-order chi connectivity index (χ1) is 10.8. The minimum Gasteiger partial charge on any atom is -0.461 e. The van der Waals surface area contributed by atoms with Crippen LogP contribution in [0.5, 0.6) is 0 Å². The molecule has 1 aromatic rings.